The standard InChI is InChI=1S/C18H23N3O5S2/c1-4-13-5-8-15(11-17(13)27(19,23)24)20-18(22)14-6-9-16(10-7-14)28(25,26)21-12(2)3/h5-12,21H,4H2,1-3H3,(H,20,22)(H2,19,23,24). The van der Waals surface area contributed by atoms with Gasteiger partial charge in [-0.2, -0.15) is 0 Å². The molecule has 8 nitrogen and oxygen atoms in total. The topological polar surface area (TPSA) is 135 Å². The van der Waals surface area contributed by atoms with Crippen molar-refractivity contribution < 1.29 is 21.6 Å². The van der Waals surface area contributed by atoms with Gasteiger partial charge in [0.05, 0.1) is 9.79 Å². The van der Waals surface area contributed by atoms with E-state index in [0.29, 0.717) is 12.0 Å². The summed E-state index contributed by atoms with van der Waals surface area (Å²) >= 11 is 0. The molecule has 4 N–H and O–H groups in total. The number of nitrogens with two attached hydrogens (primary N) is 1. The molecule has 2 aromatic rings. The molecule has 0 radical (unpaired) electrons. The second kappa shape index (κ2) is 8.39. The minimum absolute atomic E-state index is 0.0431. The van der Waals surface area contributed by atoms with Crippen LogP contribution in [0.4, 0.5) is 5.69 Å². The number of aryl methyl sites for hydroxylation is 1. The highest BCUT2D eigenvalue weighted by atomic mass is 32.2. The Kier molecular flexibility index (Phi) is 6.60. The van der Waals surface area contributed by atoms with Crippen LogP contribution in [-0.4, -0.2) is 28.8 Å². The number of amides is 1. The second-order valence-corrected chi connectivity index (χ2v) is 9.72. The van der Waals surface area contributed by atoms with Gasteiger partial charge in [-0.15, -0.1) is 0 Å². The molecule has 0 fully saturated rings. The molecule has 28 heavy (non-hydrogen) atoms. The van der Waals surface area contributed by atoms with E-state index < -0.39 is 26.0 Å². The van der Waals surface area contributed by atoms with Crippen molar-refractivity contribution >= 4 is 31.6 Å². The minimum atomic E-state index is -3.93. The van der Waals surface area contributed by atoms with E-state index in [-0.39, 0.29) is 27.1 Å². The molecule has 152 valence electrons. The lowest BCUT2D eigenvalue weighted by Gasteiger charge is -2.11. The maximum absolute atomic E-state index is 12.4. The van der Waals surface area contributed by atoms with Crippen LogP contribution >= 0.6 is 0 Å². The molecule has 0 heterocycles. The summed E-state index contributed by atoms with van der Waals surface area (Å²) in [4.78, 5) is 12.4. The molecule has 0 aliphatic rings. The Hall–Kier alpha value is -2.27. The number of carbonyl (C=O) groups is 1. The third-order valence-corrected chi connectivity index (χ3v) is 6.50. The molecule has 10 heteroatoms. The molecule has 0 bridgehead atoms. The summed E-state index contributed by atoms with van der Waals surface area (Å²) in [6.07, 6.45) is 0.473. The molecule has 2 aromatic carbocycles. The Morgan fingerprint density at radius 3 is 2.14 bits per heavy atom. The van der Waals surface area contributed by atoms with Crippen molar-refractivity contribution in [1.82, 2.24) is 4.72 Å². The van der Waals surface area contributed by atoms with Crippen LogP contribution < -0.4 is 15.2 Å². The molecule has 2 rings (SSSR count). The van der Waals surface area contributed by atoms with Gasteiger partial charge in [-0.25, -0.2) is 26.7 Å². The van der Waals surface area contributed by atoms with Gasteiger partial charge >= 0.3 is 0 Å². The van der Waals surface area contributed by atoms with Gasteiger partial charge in [0.15, 0.2) is 0 Å². The van der Waals surface area contributed by atoms with Gasteiger partial charge in [0.2, 0.25) is 20.0 Å². The van der Waals surface area contributed by atoms with Crippen LogP contribution in [0.2, 0.25) is 0 Å². The number of hydrogen-bond donors (Lipinski definition) is 3. The Bertz CT molecular complexity index is 1080. The molecule has 0 spiro atoms. The summed E-state index contributed by atoms with van der Waals surface area (Å²) in [5.74, 6) is -0.509. The van der Waals surface area contributed by atoms with Crippen molar-refractivity contribution in [3.8, 4) is 0 Å². The zero-order valence-electron chi connectivity index (χ0n) is 15.8. The second-order valence-electron chi connectivity index (χ2n) is 6.48. The minimum Gasteiger partial charge on any atom is -0.322 e. The van der Waals surface area contributed by atoms with Crippen LogP contribution in [0.3, 0.4) is 0 Å². The highest BCUT2D eigenvalue weighted by Gasteiger charge is 2.17. The quantitative estimate of drug-likeness (QED) is 0.622. The van der Waals surface area contributed by atoms with Crippen LogP contribution in [0.1, 0.15) is 36.7 Å². The summed E-state index contributed by atoms with van der Waals surface area (Å²) in [6, 6.07) is 9.63. The summed E-state index contributed by atoms with van der Waals surface area (Å²) in [5.41, 5.74) is 1.04. The van der Waals surface area contributed by atoms with Crippen molar-refractivity contribution in [2.75, 3.05) is 5.32 Å². The number of hydrogen-bond acceptors (Lipinski definition) is 5. The third kappa shape index (κ3) is 5.38. The first-order chi connectivity index (χ1) is 12.9. The lowest BCUT2D eigenvalue weighted by molar-refractivity contribution is 0.102. The Morgan fingerprint density at radius 2 is 1.64 bits per heavy atom. The van der Waals surface area contributed by atoms with Crippen molar-refractivity contribution in [2.45, 2.75) is 43.0 Å². The van der Waals surface area contributed by atoms with E-state index in [2.05, 4.69) is 10.0 Å². The van der Waals surface area contributed by atoms with Crippen LogP contribution in [0, 0.1) is 0 Å². The van der Waals surface area contributed by atoms with Crippen LogP contribution in [0.25, 0.3) is 0 Å². The maximum atomic E-state index is 12.4. The number of benzene rings is 2. The molecule has 0 atom stereocenters. The van der Waals surface area contributed by atoms with Crippen LogP contribution in [-0.2, 0) is 26.5 Å². The van der Waals surface area contributed by atoms with Crippen molar-refractivity contribution in [3.05, 3.63) is 53.6 Å². The van der Waals surface area contributed by atoms with Gasteiger partial charge in [-0.3, -0.25) is 4.79 Å². The summed E-state index contributed by atoms with van der Waals surface area (Å²) in [6.45, 7) is 5.21. The van der Waals surface area contributed by atoms with Gasteiger partial charge < -0.3 is 5.32 Å². The van der Waals surface area contributed by atoms with E-state index in [0.717, 1.165) is 0 Å². The predicted molar refractivity (Wildman–Crippen MR) is 107 cm³/mol. The number of carbonyl (C=O) groups excluding carboxylic acids is 1. The van der Waals surface area contributed by atoms with Gasteiger partial charge in [-0.05, 0) is 62.2 Å². The Balaban J connectivity index is 2.24. The Morgan fingerprint density at radius 1 is 1.04 bits per heavy atom. The molecular formula is C18H23N3O5S2. The third-order valence-electron chi connectivity index (χ3n) is 3.83. The zero-order valence-corrected chi connectivity index (χ0v) is 17.4. The number of rotatable bonds is 7. The molecule has 0 saturated heterocycles. The lowest BCUT2D eigenvalue weighted by atomic mass is 10.1. The average molecular weight is 426 g/mol. The fourth-order valence-electron chi connectivity index (χ4n) is 2.56. The van der Waals surface area contributed by atoms with E-state index in [1.54, 1.807) is 32.9 Å². The van der Waals surface area contributed by atoms with E-state index in [1.165, 1.54) is 30.3 Å². The predicted octanol–water partition coefficient (Wildman–Crippen LogP) is 1.84. The van der Waals surface area contributed by atoms with Crippen LogP contribution in [0.15, 0.2) is 52.3 Å². The molecule has 1 amide bonds. The van der Waals surface area contributed by atoms with E-state index >= 15 is 0 Å². The highest BCUT2D eigenvalue weighted by molar-refractivity contribution is 7.89. The van der Waals surface area contributed by atoms with Crippen molar-refractivity contribution in [3.63, 3.8) is 0 Å². The summed E-state index contributed by atoms with van der Waals surface area (Å²) in [5, 5.41) is 7.82. The van der Waals surface area contributed by atoms with Crippen molar-refractivity contribution in [2.24, 2.45) is 5.14 Å². The van der Waals surface area contributed by atoms with Crippen LogP contribution in [0.5, 0.6) is 0 Å². The maximum Gasteiger partial charge on any atom is 0.255 e. The van der Waals surface area contributed by atoms with E-state index in [1.807, 2.05) is 0 Å². The monoisotopic (exact) mass is 425 g/mol. The smallest absolute Gasteiger partial charge is 0.255 e. The SMILES string of the molecule is CCc1ccc(NC(=O)c2ccc(S(=O)(=O)NC(C)C)cc2)cc1S(N)(=O)=O. The number of nitrogens with one attached hydrogen (secondary N) is 2. The first-order valence-electron chi connectivity index (χ1n) is 8.53. The van der Waals surface area contributed by atoms with Gasteiger partial charge in [0.1, 0.15) is 0 Å². The van der Waals surface area contributed by atoms with Gasteiger partial charge in [0, 0.05) is 17.3 Å². The molecule has 0 aliphatic heterocycles. The first kappa shape index (κ1) is 22.0. The number of anilines is 1. The molecule has 0 unspecified atom stereocenters. The summed E-state index contributed by atoms with van der Waals surface area (Å²) in [7, 11) is -7.58. The van der Waals surface area contributed by atoms with Gasteiger partial charge in [0.25, 0.3) is 5.91 Å². The molecule has 0 aromatic heterocycles. The lowest BCUT2D eigenvalue weighted by Crippen LogP contribution is -2.30. The fourth-order valence-corrected chi connectivity index (χ4v) is 4.68. The number of sulfonamides is 2. The molecule has 0 saturated carbocycles. The zero-order chi connectivity index (χ0) is 21.1. The molecule has 0 aliphatic carbocycles. The van der Waals surface area contributed by atoms with E-state index in [9.17, 15) is 21.6 Å². The van der Waals surface area contributed by atoms with Crippen molar-refractivity contribution in [1.29, 1.82) is 0 Å². The first-order valence-corrected chi connectivity index (χ1v) is 11.6. The van der Waals surface area contributed by atoms with E-state index in [4.69, 9.17) is 5.14 Å². The largest absolute Gasteiger partial charge is 0.322 e. The summed E-state index contributed by atoms with van der Waals surface area (Å²) < 4.78 is 50.2. The Labute approximate surface area is 165 Å². The normalized spacial score (nSPS) is 12.2. The highest BCUT2D eigenvalue weighted by Crippen LogP contribution is 2.21. The van der Waals surface area contributed by atoms with Gasteiger partial charge in [-0.1, -0.05) is 13.0 Å². The fraction of sp³-hybridized carbons (Fsp3) is 0.278. The number of primary sulfonamides is 1. The molecular weight excluding hydrogens is 402 g/mol. The average Bonchev–Trinajstić information content (AvgIpc) is 2.60.